The molecule has 2 aromatic carbocycles. The van der Waals surface area contributed by atoms with Gasteiger partial charge in [0.05, 0.1) is 21.3 Å². The smallest absolute Gasteiger partial charge is 0.254 e. The van der Waals surface area contributed by atoms with E-state index in [1.165, 1.54) is 5.56 Å². The summed E-state index contributed by atoms with van der Waals surface area (Å²) in [5.41, 5.74) is 1.78. The Hall–Kier alpha value is -2.89. The van der Waals surface area contributed by atoms with Crippen molar-refractivity contribution in [3.63, 3.8) is 0 Å². The molecule has 0 bridgehead atoms. The van der Waals surface area contributed by atoms with Crippen molar-refractivity contribution in [2.45, 2.75) is 32.3 Å². The molecule has 1 fully saturated rings. The molecular weight excluding hydrogens is 370 g/mol. The van der Waals surface area contributed by atoms with Gasteiger partial charge in [-0.2, -0.15) is 0 Å². The van der Waals surface area contributed by atoms with Gasteiger partial charge in [-0.25, -0.2) is 0 Å². The lowest BCUT2D eigenvalue weighted by atomic mass is 10.1. The normalized spacial score (nSPS) is 14.4. The number of carbonyl (C=O) groups is 1. The van der Waals surface area contributed by atoms with E-state index in [0.717, 1.165) is 25.0 Å². The largest absolute Gasteiger partial charge is 0.493 e. The Labute approximate surface area is 172 Å². The zero-order chi connectivity index (χ0) is 20.8. The van der Waals surface area contributed by atoms with Crippen LogP contribution < -0.4 is 18.9 Å². The van der Waals surface area contributed by atoms with Crippen LogP contribution in [0.25, 0.3) is 0 Å². The molecule has 0 saturated carbocycles. The Morgan fingerprint density at radius 3 is 2.21 bits per heavy atom. The molecule has 0 aromatic heterocycles. The lowest BCUT2D eigenvalue weighted by Gasteiger charge is -2.32. The van der Waals surface area contributed by atoms with Crippen LogP contribution in [0.1, 0.15) is 35.7 Å². The SMILES string of the molecule is CCc1cccc(OC2CCN(C(=O)c3cc(OC)c(OC)c(OC)c3)CC2)c1. The first-order valence-electron chi connectivity index (χ1n) is 9.94. The first-order valence-corrected chi connectivity index (χ1v) is 9.94. The molecular formula is C23H29NO5. The summed E-state index contributed by atoms with van der Waals surface area (Å²) in [6, 6.07) is 11.6. The van der Waals surface area contributed by atoms with Crippen LogP contribution >= 0.6 is 0 Å². The van der Waals surface area contributed by atoms with Crippen molar-refractivity contribution in [2.75, 3.05) is 34.4 Å². The van der Waals surface area contributed by atoms with Gasteiger partial charge in [0.2, 0.25) is 5.75 Å². The van der Waals surface area contributed by atoms with Gasteiger partial charge in [0.1, 0.15) is 11.9 Å². The van der Waals surface area contributed by atoms with Gasteiger partial charge in [0, 0.05) is 31.5 Å². The van der Waals surface area contributed by atoms with Gasteiger partial charge in [0.15, 0.2) is 11.5 Å². The van der Waals surface area contributed by atoms with E-state index in [9.17, 15) is 4.79 Å². The predicted octanol–water partition coefficient (Wildman–Crippen LogP) is 3.96. The number of aryl methyl sites for hydroxylation is 1. The number of rotatable bonds is 7. The first kappa shape index (κ1) is 20.8. The van der Waals surface area contributed by atoms with Gasteiger partial charge in [-0.1, -0.05) is 19.1 Å². The van der Waals surface area contributed by atoms with Crippen molar-refractivity contribution in [2.24, 2.45) is 0 Å². The molecule has 1 aliphatic rings. The average Bonchev–Trinajstić information content (AvgIpc) is 2.78. The van der Waals surface area contributed by atoms with Gasteiger partial charge in [-0.05, 0) is 36.2 Å². The maximum Gasteiger partial charge on any atom is 0.254 e. The van der Waals surface area contributed by atoms with Gasteiger partial charge >= 0.3 is 0 Å². The number of amides is 1. The number of carbonyl (C=O) groups excluding carboxylic acids is 1. The van der Waals surface area contributed by atoms with Crippen LogP contribution in [0.15, 0.2) is 36.4 Å². The third-order valence-electron chi connectivity index (χ3n) is 5.25. The van der Waals surface area contributed by atoms with Crippen LogP contribution in [-0.2, 0) is 6.42 Å². The molecule has 1 aliphatic heterocycles. The molecule has 0 atom stereocenters. The maximum absolute atomic E-state index is 13.0. The monoisotopic (exact) mass is 399 g/mol. The van der Waals surface area contributed by atoms with Crippen molar-refractivity contribution >= 4 is 5.91 Å². The van der Waals surface area contributed by atoms with Crippen LogP contribution in [-0.4, -0.2) is 51.3 Å². The Bertz CT molecular complexity index is 818. The lowest BCUT2D eigenvalue weighted by Crippen LogP contribution is -2.41. The maximum atomic E-state index is 13.0. The van der Waals surface area contributed by atoms with Crippen LogP contribution in [0.4, 0.5) is 0 Å². The topological polar surface area (TPSA) is 57.2 Å². The van der Waals surface area contributed by atoms with Crippen molar-refractivity contribution in [1.29, 1.82) is 0 Å². The highest BCUT2D eigenvalue weighted by Gasteiger charge is 2.26. The first-order chi connectivity index (χ1) is 14.1. The van der Waals surface area contributed by atoms with E-state index >= 15 is 0 Å². The molecule has 2 aromatic rings. The van der Waals surface area contributed by atoms with Crippen molar-refractivity contribution < 1.29 is 23.7 Å². The molecule has 3 rings (SSSR count). The lowest BCUT2D eigenvalue weighted by molar-refractivity contribution is 0.0594. The van der Waals surface area contributed by atoms with Gasteiger partial charge < -0.3 is 23.8 Å². The standard InChI is InChI=1S/C23H29NO5/c1-5-16-7-6-8-19(13-16)29-18-9-11-24(12-10-18)23(25)17-14-20(26-2)22(28-4)21(15-17)27-3/h6-8,13-15,18H,5,9-12H2,1-4H3. The fourth-order valence-electron chi connectivity index (χ4n) is 3.60. The highest BCUT2D eigenvalue weighted by molar-refractivity contribution is 5.95. The van der Waals surface area contributed by atoms with Gasteiger partial charge in [0.25, 0.3) is 5.91 Å². The molecule has 1 amide bonds. The second-order valence-corrected chi connectivity index (χ2v) is 7.02. The summed E-state index contributed by atoms with van der Waals surface area (Å²) < 4.78 is 22.2. The Kier molecular flexibility index (Phi) is 6.86. The zero-order valence-corrected chi connectivity index (χ0v) is 17.6. The minimum atomic E-state index is -0.0457. The average molecular weight is 399 g/mol. The van der Waals surface area contributed by atoms with E-state index in [1.807, 2.05) is 17.0 Å². The van der Waals surface area contributed by atoms with Crippen molar-refractivity contribution in [3.05, 3.63) is 47.5 Å². The summed E-state index contributed by atoms with van der Waals surface area (Å²) in [5, 5.41) is 0. The molecule has 0 radical (unpaired) electrons. The molecule has 0 unspecified atom stereocenters. The third kappa shape index (κ3) is 4.75. The number of ether oxygens (including phenoxy) is 4. The molecule has 0 spiro atoms. The third-order valence-corrected chi connectivity index (χ3v) is 5.25. The van der Waals surface area contributed by atoms with E-state index in [4.69, 9.17) is 18.9 Å². The van der Waals surface area contributed by atoms with Crippen LogP contribution in [0.3, 0.4) is 0 Å². The number of likely N-dealkylation sites (tertiary alicyclic amines) is 1. The van der Waals surface area contributed by atoms with Crippen LogP contribution in [0.2, 0.25) is 0 Å². The number of hydrogen-bond acceptors (Lipinski definition) is 5. The summed E-state index contributed by atoms with van der Waals surface area (Å²) in [7, 11) is 4.63. The summed E-state index contributed by atoms with van der Waals surface area (Å²) >= 11 is 0. The summed E-state index contributed by atoms with van der Waals surface area (Å²) in [6.07, 6.45) is 2.70. The van der Waals surface area contributed by atoms with E-state index in [1.54, 1.807) is 33.5 Å². The molecule has 6 nitrogen and oxygen atoms in total. The molecule has 1 saturated heterocycles. The van der Waals surface area contributed by atoms with E-state index in [-0.39, 0.29) is 12.0 Å². The number of nitrogens with zero attached hydrogens (tertiary/aromatic N) is 1. The zero-order valence-electron chi connectivity index (χ0n) is 17.6. The summed E-state index contributed by atoms with van der Waals surface area (Å²) in [5.74, 6) is 2.29. The van der Waals surface area contributed by atoms with Crippen LogP contribution in [0.5, 0.6) is 23.0 Å². The van der Waals surface area contributed by atoms with Crippen LogP contribution in [0, 0.1) is 0 Å². The number of piperidine rings is 1. The molecule has 156 valence electrons. The molecule has 1 heterocycles. The Morgan fingerprint density at radius 1 is 1.00 bits per heavy atom. The highest BCUT2D eigenvalue weighted by atomic mass is 16.5. The van der Waals surface area contributed by atoms with Gasteiger partial charge in [-0.15, -0.1) is 0 Å². The number of benzene rings is 2. The fraction of sp³-hybridized carbons (Fsp3) is 0.435. The molecule has 0 N–H and O–H groups in total. The predicted molar refractivity (Wildman–Crippen MR) is 111 cm³/mol. The molecule has 0 aliphatic carbocycles. The quantitative estimate of drug-likeness (QED) is 0.705. The minimum absolute atomic E-state index is 0.0457. The fourth-order valence-corrected chi connectivity index (χ4v) is 3.60. The van der Waals surface area contributed by atoms with Gasteiger partial charge in [-0.3, -0.25) is 4.79 Å². The molecule has 29 heavy (non-hydrogen) atoms. The number of hydrogen-bond donors (Lipinski definition) is 0. The van der Waals surface area contributed by atoms with E-state index in [2.05, 4.69) is 19.1 Å². The van der Waals surface area contributed by atoms with Crippen molar-refractivity contribution in [1.82, 2.24) is 4.90 Å². The second kappa shape index (κ2) is 9.54. The Balaban J connectivity index is 1.65. The molecule has 6 heteroatoms. The summed E-state index contributed by atoms with van der Waals surface area (Å²) in [4.78, 5) is 14.9. The number of methoxy groups -OCH3 is 3. The van der Waals surface area contributed by atoms with Crippen molar-refractivity contribution in [3.8, 4) is 23.0 Å². The van der Waals surface area contributed by atoms with E-state index < -0.39 is 0 Å². The minimum Gasteiger partial charge on any atom is -0.493 e. The summed E-state index contributed by atoms with van der Waals surface area (Å²) in [6.45, 7) is 3.42. The van der Waals surface area contributed by atoms with E-state index in [0.29, 0.717) is 35.9 Å². The Morgan fingerprint density at radius 2 is 1.66 bits per heavy atom. The second-order valence-electron chi connectivity index (χ2n) is 7.02. The highest BCUT2D eigenvalue weighted by Crippen LogP contribution is 2.38.